The lowest BCUT2D eigenvalue weighted by Gasteiger charge is -2.14. The molecule has 0 atom stereocenters. The highest BCUT2D eigenvalue weighted by molar-refractivity contribution is 6.02. The standard InChI is InChI=1S/C21H20N4O5/c1-12-20(24-21(26)15-6-5-7-30-15)25-11-14(22-10-18(25)23-12)13-8-16(27-2)19(29-4)17(9-13)28-3/h5-11H,1-4H3,(H,24,26). The molecule has 9 nitrogen and oxygen atoms in total. The first-order valence-electron chi connectivity index (χ1n) is 9.05. The van der Waals surface area contributed by atoms with Gasteiger partial charge in [-0.25, -0.2) is 4.98 Å². The number of amides is 1. The Hall–Kier alpha value is -4.01. The zero-order valence-electron chi connectivity index (χ0n) is 16.9. The fraction of sp³-hybridized carbons (Fsp3) is 0.190. The average molecular weight is 408 g/mol. The van der Waals surface area contributed by atoms with Crippen LogP contribution in [0.5, 0.6) is 17.2 Å². The highest BCUT2D eigenvalue weighted by Gasteiger charge is 2.18. The number of hydrogen-bond donors (Lipinski definition) is 1. The van der Waals surface area contributed by atoms with E-state index in [-0.39, 0.29) is 11.7 Å². The second kappa shape index (κ2) is 7.78. The van der Waals surface area contributed by atoms with Crippen molar-refractivity contribution in [3.05, 3.63) is 54.4 Å². The minimum atomic E-state index is -0.365. The van der Waals surface area contributed by atoms with Crippen LogP contribution in [0.25, 0.3) is 16.9 Å². The molecule has 0 aliphatic rings. The second-order valence-electron chi connectivity index (χ2n) is 6.39. The summed E-state index contributed by atoms with van der Waals surface area (Å²) in [6, 6.07) is 6.86. The van der Waals surface area contributed by atoms with Crippen LogP contribution in [0.2, 0.25) is 0 Å². The van der Waals surface area contributed by atoms with Crippen molar-refractivity contribution in [3.63, 3.8) is 0 Å². The fourth-order valence-corrected chi connectivity index (χ4v) is 3.18. The molecule has 0 fully saturated rings. The summed E-state index contributed by atoms with van der Waals surface area (Å²) in [5, 5.41) is 2.85. The highest BCUT2D eigenvalue weighted by Crippen LogP contribution is 2.40. The summed E-state index contributed by atoms with van der Waals surface area (Å²) in [5.41, 5.74) is 2.63. The number of furan rings is 1. The molecule has 0 spiro atoms. The van der Waals surface area contributed by atoms with Crippen molar-refractivity contribution >= 4 is 17.4 Å². The van der Waals surface area contributed by atoms with Crippen molar-refractivity contribution in [2.45, 2.75) is 6.92 Å². The number of fused-ring (bicyclic) bond motifs is 1. The van der Waals surface area contributed by atoms with E-state index in [1.54, 1.807) is 62.4 Å². The molecule has 1 amide bonds. The van der Waals surface area contributed by atoms with Crippen LogP contribution >= 0.6 is 0 Å². The number of imidazole rings is 1. The smallest absolute Gasteiger partial charge is 0.292 e. The van der Waals surface area contributed by atoms with Crippen molar-refractivity contribution < 1.29 is 23.4 Å². The molecule has 4 rings (SSSR count). The van der Waals surface area contributed by atoms with Crippen LogP contribution in [0.15, 0.2) is 47.3 Å². The molecular formula is C21H20N4O5. The molecule has 154 valence electrons. The van der Waals surface area contributed by atoms with Gasteiger partial charge in [0.05, 0.1) is 45.2 Å². The Morgan fingerprint density at radius 2 is 1.87 bits per heavy atom. The van der Waals surface area contributed by atoms with Crippen molar-refractivity contribution in [2.75, 3.05) is 26.6 Å². The quantitative estimate of drug-likeness (QED) is 0.520. The van der Waals surface area contributed by atoms with E-state index >= 15 is 0 Å². The number of nitrogens with zero attached hydrogens (tertiary/aromatic N) is 3. The zero-order valence-corrected chi connectivity index (χ0v) is 16.9. The fourth-order valence-electron chi connectivity index (χ4n) is 3.18. The maximum Gasteiger partial charge on any atom is 0.292 e. The number of aromatic nitrogens is 3. The van der Waals surface area contributed by atoms with E-state index in [9.17, 15) is 4.79 Å². The molecule has 3 aromatic heterocycles. The van der Waals surface area contributed by atoms with E-state index in [1.807, 2.05) is 6.92 Å². The minimum absolute atomic E-state index is 0.211. The van der Waals surface area contributed by atoms with Crippen LogP contribution in [0.1, 0.15) is 16.2 Å². The Morgan fingerprint density at radius 3 is 2.47 bits per heavy atom. The summed E-state index contributed by atoms with van der Waals surface area (Å²) >= 11 is 0. The van der Waals surface area contributed by atoms with Crippen LogP contribution < -0.4 is 19.5 Å². The predicted molar refractivity (Wildman–Crippen MR) is 109 cm³/mol. The Morgan fingerprint density at radius 1 is 1.13 bits per heavy atom. The lowest BCUT2D eigenvalue weighted by molar-refractivity contribution is 0.0996. The normalized spacial score (nSPS) is 10.8. The minimum Gasteiger partial charge on any atom is -0.493 e. The van der Waals surface area contributed by atoms with Crippen LogP contribution in [-0.2, 0) is 0 Å². The van der Waals surface area contributed by atoms with E-state index in [1.165, 1.54) is 6.26 Å². The number of anilines is 1. The predicted octanol–water partition coefficient (Wildman–Crippen LogP) is 3.58. The Kier molecular flexibility index (Phi) is 5.01. The molecule has 0 aliphatic carbocycles. The van der Waals surface area contributed by atoms with Crippen LogP contribution in [0.4, 0.5) is 5.82 Å². The molecule has 3 heterocycles. The van der Waals surface area contributed by atoms with Gasteiger partial charge in [-0.2, -0.15) is 0 Å². The van der Waals surface area contributed by atoms with Gasteiger partial charge in [-0.15, -0.1) is 0 Å². The summed E-state index contributed by atoms with van der Waals surface area (Å²) in [5.74, 6) is 1.90. The number of ether oxygens (including phenoxy) is 3. The Bertz CT molecular complexity index is 1190. The second-order valence-corrected chi connectivity index (χ2v) is 6.39. The summed E-state index contributed by atoms with van der Waals surface area (Å²) in [6.45, 7) is 1.81. The van der Waals surface area contributed by atoms with Gasteiger partial charge in [0, 0.05) is 11.8 Å². The van der Waals surface area contributed by atoms with Gasteiger partial charge < -0.3 is 23.9 Å². The topological polar surface area (TPSA) is 100 Å². The highest BCUT2D eigenvalue weighted by atomic mass is 16.5. The van der Waals surface area contributed by atoms with Gasteiger partial charge >= 0.3 is 0 Å². The molecule has 0 aliphatic heterocycles. The maximum absolute atomic E-state index is 12.5. The van der Waals surface area contributed by atoms with E-state index < -0.39 is 0 Å². The molecule has 0 unspecified atom stereocenters. The van der Waals surface area contributed by atoms with Gasteiger partial charge in [-0.05, 0) is 31.2 Å². The van der Waals surface area contributed by atoms with Crippen molar-refractivity contribution in [1.29, 1.82) is 0 Å². The maximum atomic E-state index is 12.5. The van der Waals surface area contributed by atoms with Crippen LogP contribution in [0.3, 0.4) is 0 Å². The first-order valence-corrected chi connectivity index (χ1v) is 9.05. The molecule has 9 heteroatoms. The number of nitrogens with one attached hydrogen (secondary N) is 1. The van der Waals surface area contributed by atoms with E-state index in [4.69, 9.17) is 18.6 Å². The van der Waals surface area contributed by atoms with Crippen molar-refractivity contribution in [2.24, 2.45) is 0 Å². The van der Waals surface area contributed by atoms with Crippen LogP contribution in [-0.4, -0.2) is 41.6 Å². The average Bonchev–Trinajstić information content (AvgIpc) is 3.41. The van der Waals surface area contributed by atoms with Gasteiger partial charge in [0.15, 0.2) is 22.9 Å². The first-order chi connectivity index (χ1) is 14.5. The molecule has 1 N–H and O–H groups in total. The molecule has 0 saturated heterocycles. The molecule has 30 heavy (non-hydrogen) atoms. The van der Waals surface area contributed by atoms with Crippen LogP contribution in [0, 0.1) is 6.92 Å². The van der Waals surface area contributed by atoms with Gasteiger partial charge in [0.2, 0.25) is 5.75 Å². The van der Waals surface area contributed by atoms with Crippen molar-refractivity contribution in [3.8, 4) is 28.5 Å². The number of carbonyl (C=O) groups excluding carboxylic acids is 1. The van der Waals surface area contributed by atoms with E-state index in [0.29, 0.717) is 40.1 Å². The summed E-state index contributed by atoms with van der Waals surface area (Å²) < 4.78 is 23.2. The number of carbonyl (C=O) groups is 1. The molecule has 1 aromatic carbocycles. The molecule has 0 bridgehead atoms. The van der Waals surface area contributed by atoms with Gasteiger partial charge in [-0.3, -0.25) is 14.2 Å². The van der Waals surface area contributed by atoms with Crippen molar-refractivity contribution in [1.82, 2.24) is 14.4 Å². The zero-order chi connectivity index (χ0) is 21.3. The number of aryl methyl sites for hydroxylation is 1. The third-order valence-electron chi connectivity index (χ3n) is 4.62. The lowest BCUT2D eigenvalue weighted by Crippen LogP contribution is -2.13. The third-order valence-corrected chi connectivity index (χ3v) is 4.62. The summed E-state index contributed by atoms with van der Waals surface area (Å²) in [6.07, 6.45) is 4.87. The summed E-state index contributed by atoms with van der Waals surface area (Å²) in [7, 11) is 4.66. The monoisotopic (exact) mass is 408 g/mol. The largest absolute Gasteiger partial charge is 0.493 e. The van der Waals surface area contributed by atoms with E-state index in [0.717, 1.165) is 5.56 Å². The molecule has 0 radical (unpaired) electrons. The number of benzene rings is 1. The van der Waals surface area contributed by atoms with Gasteiger partial charge in [0.1, 0.15) is 5.82 Å². The Balaban J connectivity index is 1.79. The number of methoxy groups -OCH3 is 3. The lowest BCUT2D eigenvalue weighted by atomic mass is 10.1. The van der Waals surface area contributed by atoms with E-state index in [2.05, 4.69) is 15.3 Å². The third kappa shape index (κ3) is 3.30. The number of rotatable bonds is 6. The SMILES string of the molecule is COc1cc(-c2cn3c(NC(=O)c4ccco4)c(C)nc3cn2)cc(OC)c1OC. The molecule has 4 aromatic rings. The molecule has 0 saturated carbocycles. The Labute approximate surface area is 172 Å². The van der Waals surface area contributed by atoms with Gasteiger partial charge in [0.25, 0.3) is 5.91 Å². The van der Waals surface area contributed by atoms with Gasteiger partial charge in [-0.1, -0.05) is 0 Å². The first kappa shape index (κ1) is 19.3. The number of hydrogen-bond acceptors (Lipinski definition) is 7. The molecular weight excluding hydrogens is 388 g/mol. The summed E-state index contributed by atoms with van der Waals surface area (Å²) in [4.78, 5) is 21.4.